The second-order valence-corrected chi connectivity index (χ2v) is 8.71. The fourth-order valence-corrected chi connectivity index (χ4v) is 4.96. The molecule has 3 rings (SSSR count). The van der Waals surface area contributed by atoms with Crippen molar-refractivity contribution in [2.75, 3.05) is 13.1 Å². The first-order valence-electron chi connectivity index (χ1n) is 8.46. The van der Waals surface area contributed by atoms with Gasteiger partial charge >= 0.3 is 0 Å². The van der Waals surface area contributed by atoms with Gasteiger partial charge in [-0.2, -0.15) is 4.31 Å². The average molecular weight is 397 g/mol. The number of rotatable bonds is 5. The van der Waals surface area contributed by atoms with Crippen molar-refractivity contribution in [1.29, 1.82) is 0 Å². The van der Waals surface area contributed by atoms with Gasteiger partial charge in [0.05, 0.1) is 11.1 Å². The molecule has 140 valence electrons. The molecule has 1 saturated heterocycles. The number of halogens is 1. The van der Waals surface area contributed by atoms with Crippen molar-refractivity contribution in [1.82, 2.24) is 9.62 Å². The number of amides is 1. The number of carbonyl (C=O) groups excluding carboxylic acids is 1. The molecular formula is C18H21ClN2O4S. The van der Waals surface area contributed by atoms with Crippen LogP contribution >= 0.6 is 11.6 Å². The quantitative estimate of drug-likeness (QED) is 0.838. The van der Waals surface area contributed by atoms with E-state index in [-0.39, 0.29) is 27.4 Å². The van der Waals surface area contributed by atoms with Crippen molar-refractivity contribution in [2.24, 2.45) is 0 Å². The van der Waals surface area contributed by atoms with Crippen molar-refractivity contribution in [3.8, 4) is 0 Å². The van der Waals surface area contributed by atoms with Crippen molar-refractivity contribution < 1.29 is 17.6 Å². The molecule has 26 heavy (non-hydrogen) atoms. The number of furan rings is 1. The molecule has 1 unspecified atom stereocenters. The van der Waals surface area contributed by atoms with E-state index in [1.54, 1.807) is 13.0 Å². The van der Waals surface area contributed by atoms with Crippen LogP contribution < -0.4 is 5.32 Å². The fourth-order valence-electron chi connectivity index (χ4n) is 2.95. The number of benzene rings is 1. The first kappa shape index (κ1) is 18.9. The van der Waals surface area contributed by atoms with Gasteiger partial charge in [-0.3, -0.25) is 4.79 Å². The number of nitrogens with one attached hydrogen (secondary N) is 1. The lowest BCUT2D eigenvalue weighted by atomic mass is 10.2. The van der Waals surface area contributed by atoms with Gasteiger partial charge in [-0.25, -0.2) is 8.42 Å². The lowest BCUT2D eigenvalue weighted by Crippen LogP contribution is -2.29. The maximum absolute atomic E-state index is 12.8. The summed E-state index contributed by atoms with van der Waals surface area (Å²) >= 11 is 6.12. The molecule has 2 aromatic rings. The summed E-state index contributed by atoms with van der Waals surface area (Å²) < 4.78 is 32.5. The summed E-state index contributed by atoms with van der Waals surface area (Å²) in [6.45, 7) is 4.58. The van der Waals surface area contributed by atoms with E-state index in [9.17, 15) is 13.2 Å². The molecule has 0 bridgehead atoms. The van der Waals surface area contributed by atoms with Crippen molar-refractivity contribution in [3.63, 3.8) is 0 Å². The second-order valence-electron chi connectivity index (χ2n) is 6.40. The lowest BCUT2D eigenvalue weighted by Gasteiger charge is -2.17. The molecule has 6 nitrogen and oxygen atoms in total. The summed E-state index contributed by atoms with van der Waals surface area (Å²) in [4.78, 5) is 12.5. The molecule has 1 aromatic carbocycles. The number of aryl methyl sites for hydroxylation is 1. The van der Waals surface area contributed by atoms with Gasteiger partial charge < -0.3 is 9.73 Å². The zero-order chi connectivity index (χ0) is 18.9. The Morgan fingerprint density at radius 3 is 2.54 bits per heavy atom. The van der Waals surface area contributed by atoms with Crippen LogP contribution in [0.1, 0.15) is 47.7 Å². The Kier molecular flexibility index (Phi) is 5.41. The summed E-state index contributed by atoms with van der Waals surface area (Å²) in [5.41, 5.74) is 0.238. The van der Waals surface area contributed by atoms with Gasteiger partial charge in [0.2, 0.25) is 10.0 Å². The van der Waals surface area contributed by atoms with Gasteiger partial charge in [-0.05, 0) is 57.0 Å². The normalized spacial score (nSPS) is 16.6. The standard InChI is InChI=1S/C18H21ClN2O4S/c1-12-5-8-16(25-12)13(2)20-18(22)14-6-7-15(19)17(11-14)26(23,24)21-9-3-4-10-21/h5-8,11,13H,3-4,9-10H2,1-2H3,(H,20,22). The smallest absolute Gasteiger partial charge is 0.251 e. The van der Waals surface area contributed by atoms with Gasteiger partial charge in [-0.1, -0.05) is 11.6 Å². The molecule has 0 spiro atoms. The van der Waals surface area contributed by atoms with Crippen LogP contribution in [0.2, 0.25) is 5.02 Å². The monoisotopic (exact) mass is 396 g/mol. The number of hydrogen-bond acceptors (Lipinski definition) is 4. The molecule has 8 heteroatoms. The summed E-state index contributed by atoms with van der Waals surface area (Å²) in [6, 6.07) is 7.57. The van der Waals surface area contributed by atoms with E-state index in [0.29, 0.717) is 18.8 Å². The molecule has 1 aliphatic heterocycles. The van der Waals surface area contributed by atoms with Crippen LogP contribution in [-0.4, -0.2) is 31.7 Å². The maximum Gasteiger partial charge on any atom is 0.251 e. The van der Waals surface area contributed by atoms with Crippen LogP contribution in [0.25, 0.3) is 0 Å². The maximum atomic E-state index is 12.8. The van der Waals surface area contributed by atoms with E-state index < -0.39 is 10.0 Å². The van der Waals surface area contributed by atoms with E-state index >= 15 is 0 Å². The SMILES string of the molecule is Cc1ccc(C(C)NC(=O)c2ccc(Cl)c(S(=O)(=O)N3CCCC3)c2)o1. The van der Waals surface area contributed by atoms with Crippen LogP contribution in [0.3, 0.4) is 0 Å². The van der Waals surface area contributed by atoms with Crippen LogP contribution in [0.15, 0.2) is 39.6 Å². The molecule has 1 aromatic heterocycles. The molecule has 2 heterocycles. The highest BCUT2D eigenvalue weighted by atomic mass is 35.5. The van der Waals surface area contributed by atoms with Crippen molar-refractivity contribution in [3.05, 3.63) is 52.4 Å². The summed E-state index contributed by atoms with van der Waals surface area (Å²) in [6.07, 6.45) is 1.66. The number of hydrogen-bond donors (Lipinski definition) is 1. The summed E-state index contributed by atoms with van der Waals surface area (Å²) in [7, 11) is -3.70. The zero-order valence-corrected chi connectivity index (χ0v) is 16.2. The molecular weight excluding hydrogens is 376 g/mol. The van der Waals surface area contributed by atoms with Crippen LogP contribution in [0.5, 0.6) is 0 Å². The Bertz CT molecular complexity index is 917. The Balaban J connectivity index is 1.83. The highest BCUT2D eigenvalue weighted by Gasteiger charge is 2.30. The predicted octanol–water partition coefficient (Wildman–Crippen LogP) is 3.52. The summed E-state index contributed by atoms with van der Waals surface area (Å²) in [5.74, 6) is 1.00. The minimum absolute atomic E-state index is 0.0322. The minimum atomic E-state index is -3.70. The van der Waals surface area contributed by atoms with Crippen molar-refractivity contribution >= 4 is 27.5 Å². The highest BCUT2D eigenvalue weighted by Crippen LogP contribution is 2.28. The molecule has 1 atom stereocenters. The minimum Gasteiger partial charge on any atom is -0.464 e. The van der Waals surface area contributed by atoms with E-state index in [1.165, 1.54) is 22.5 Å². The number of carbonyl (C=O) groups is 1. The van der Waals surface area contributed by atoms with Gasteiger partial charge in [0.25, 0.3) is 5.91 Å². The van der Waals surface area contributed by atoms with E-state index in [4.69, 9.17) is 16.0 Å². The van der Waals surface area contributed by atoms with Gasteiger partial charge in [0.15, 0.2) is 0 Å². The molecule has 0 aliphatic carbocycles. The Hall–Kier alpha value is -1.83. The zero-order valence-electron chi connectivity index (χ0n) is 14.7. The lowest BCUT2D eigenvalue weighted by molar-refractivity contribution is 0.0935. The molecule has 0 radical (unpaired) electrons. The molecule has 1 fully saturated rings. The van der Waals surface area contributed by atoms with E-state index in [2.05, 4.69) is 5.32 Å². The second kappa shape index (κ2) is 7.42. The molecule has 1 N–H and O–H groups in total. The average Bonchev–Trinajstić information content (AvgIpc) is 3.26. The van der Waals surface area contributed by atoms with Gasteiger partial charge in [0, 0.05) is 18.7 Å². The van der Waals surface area contributed by atoms with Crippen molar-refractivity contribution in [2.45, 2.75) is 37.6 Å². The first-order chi connectivity index (χ1) is 12.3. The third kappa shape index (κ3) is 3.79. The Morgan fingerprint density at radius 1 is 1.23 bits per heavy atom. The van der Waals surface area contributed by atoms with E-state index in [0.717, 1.165) is 18.6 Å². The number of sulfonamides is 1. The largest absolute Gasteiger partial charge is 0.464 e. The van der Waals surface area contributed by atoms with E-state index in [1.807, 2.05) is 13.0 Å². The summed E-state index contributed by atoms with van der Waals surface area (Å²) in [5, 5.41) is 2.92. The molecule has 1 amide bonds. The first-order valence-corrected chi connectivity index (χ1v) is 10.3. The Morgan fingerprint density at radius 2 is 1.92 bits per heavy atom. The molecule has 1 aliphatic rings. The van der Waals surface area contributed by atoms with Crippen LogP contribution in [-0.2, 0) is 10.0 Å². The third-order valence-electron chi connectivity index (χ3n) is 4.41. The predicted molar refractivity (Wildman–Crippen MR) is 98.8 cm³/mol. The highest BCUT2D eigenvalue weighted by molar-refractivity contribution is 7.89. The fraction of sp³-hybridized carbons (Fsp3) is 0.389. The topological polar surface area (TPSA) is 79.6 Å². The molecule has 0 saturated carbocycles. The van der Waals surface area contributed by atoms with Crippen LogP contribution in [0.4, 0.5) is 0 Å². The third-order valence-corrected chi connectivity index (χ3v) is 6.79. The number of nitrogens with zero attached hydrogens (tertiary/aromatic N) is 1. The van der Waals surface area contributed by atoms with Gasteiger partial charge in [-0.15, -0.1) is 0 Å². The van der Waals surface area contributed by atoms with Crippen LogP contribution in [0, 0.1) is 6.92 Å². The van der Waals surface area contributed by atoms with Gasteiger partial charge in [0.1, 0.15) is 16.4 Å². The Labute approximate surface area is 158 Å².